The SMILES string of the molecule is CCCCOc1ccc(C(=O)O[C@H]2CC[C@]3(C)[C@@H]4CC[C@]5(C)[C@H](CC[C@H]5[C@H](C)CCCC(C)C)[C@H]4C[C@H](Br)[C@@]3(Br)C2)cc1. The van der Waals surface area contributed by atoms with Crippen molar-refractivity contribution in [1.29, 1.82) is 0 Å². The molecule has 0 spiro atoms. The van der Waals surface area contributed by atoms with Crippen molar-refractivity contribution < 1.29 is 14.3 Å². The molecule has 43 heavy (non-hydrogen) atoms. The van der Waals surface area contributed by atoms with Crippen molar-refractivity contribution in [1.82, 2.24) is 0 Å². The maximum Gasteiger partial charge on any atom is 0.338 e. The van der Waals surface area contributed by atoms with Crippen LogP contribution in [0.15, 0.2) is 24.3 Å². The van der Waals surface area contributed by atoms with E-state index in [9.17, 15) is 4.79 Å². The van der Waals surface area contributed by atoms with Gasteiger partial charge >= 0.3 is 5.97 Å². The number of carbonyl (C=O) groups excluding carboxylic acids is 1. The van der Waals surface area contributed by atoms with Crippen molar-refractivity contribution >= 4 is 37.8 Å². The van der Waals surface area contributed by atoms with Crippen LogP contribution in [0.25, 0.3) is 0 Å². The van der Waals surface area contributed by atoms with Gasteiger partial charge in [-0.3, -0.25) is 0 Å². The van der Waals surface area contributed by atoms with Gasteiger partial charge < -0.3 is 9.47 Å². The van der Waals surface area contributed by atoms with Gasteiger partial charge in [0.1, 0.15) is 11.9 Å². The average molecular weight is 723 g/mol. The minimum atomic E-state index is -0.211. The molecule has 5 heteroatoms. The third kappa shape index (κ3) is 6.52. The maximum absolute atomic E-state index is 13.2. The highest BCUT2D eigenvalue weighted by Crippen LogP contribution is 2.71. The van der Waals surface area contributed by atoms with Gasteiger partial charge in [0.15, 0.2) is 0 Å². The molecule has 0 unspecified atom stereocenters. The second kappa shape index (κ2) is 13.7. The van der Waals surface area contributed by atoms with Crippen LogP contribution >= 0.6 is 31.9 Å². The summed E-state index contributed by atoms with van der Waals surface area (Å²) in [6.07, 6.45) is 16.0. The fourth-order valence-electron chi connectivity index (χ4n) is 10.5. The largest absolute Gasteiger partial charge is 0.494 e. The second-order valence-corrected chi connectivity index (χ2v) is 18.4. The van der Waals surface area contributed by atoms with Gasteiger partial charge in [-0.1, -0.05) is 99.1 Å². The molecule has 4 saturated carbocycles. The Hall–Kier alpha value is -0.550. The summed E-state index contributed by atoms with van der Waals surface area (Å²) < 4.78 is 11.9. The molecule has 0 heterocycles. The van der Waals surface area contributed by atoms with Crippen LogP contribution < -0.4 is 4.74 Å². The van der Waals surface area contributed by atoms with E-state index in [-0.39, 0.29) is 21.8 Å². The van der Waals surface area contributed by atoms with Crippen LogP contribution in [-0.4, -0.2) is 27.8 Å². The minimum absolute atomic E-state index is 0.0583. The van der Waals surface area contributed by atoms with Crippen molar-refractivity contribution in [3.8, 4) is 5.75 Å². The number of alkyl halides is 2. The first-order chi connectivity index (χ1) is 20.4. The zero-order valence-corrected chi connectivity index (χ0v) is 31.0. The molecule has 0 bridgehead atoms. The molecule has 0 aliphatic heterocycles. The maximum atomic E-state index is 13.2. The Labute approximate surface area is 279 Å². The number of unbranched alkanes of at least 4 members (excludes halogenated alkanes) is 1. The lowest BCUT2D eigenvalue weighted by molar-refractivity contribution is -0.112. The Morgan fingerprint density at radius 3 is 2.42 bits per heavy atom. The number of hydrogen-bond donors (Lipinski definition) is 0. The molecule has 242 valence electrons. The van der Waals surface area contributed by atoms with Crippen molar-refractivity contribution in [2.45, 2.75) is 140 Å². The van der Waals surface area contributed by atoms with E-state index in [0.717, 1.165) is 73.4 Å². The summed E-state index contributed by atoms with van der Waals surface area (Å²) in [5.74, 6) is 5.53. The first kappa shape index (κ1) is 33.8. The summed E-state index contributed by atoms with van der Waals surface area (Å²) in [5, 5.41) is 0. The van der Waals surface area contributed by atoms with E-state index in [0.29, 0.717) is 22.4 Å². The zero-order chi connectivity index (χ0) is 31.0. The Balaban J connectivity index is 1.23. The molecule has 1 aromatic rings. The van der Waals surface area contributed by atoms with E-state index < -0.39 is 0 Å². The summed E-state index contributed by atoms with van der Waals surface area (Å²) in [6, 6.07) is 7.47. The lowest BCUT2D eigenvalue weighted by Crippen LogP contribution is -2.64. The molecule has 4 aliphatic carbocycles. The van der Waals surface area contributed by atoms with Gasteiger partial charge in [-0.15, -0.1) is 0 Å². The van der Waals surface area contributed by atoms with Gasteiger partial charge in [-0.2, -0.15) is 0 Å². The zero-order valence-electron chi connectivity index (χ0n) is 27.8. The lowest BCUT2D eigenvalue weighted by Gasteiger charge is -2.66. The molecule has 4 aliphatic rings. The van der Waals surface area contributed by atoms with E-state index in [1.807, 2.05) is 24.3 Å². The first-order valence-corrected chi connectivity index (χ1v) is 19.4. The van der Waals surface area contributed by atoms with Crippen molar-refractivity contribution in [2.24, 2.45) is 46.3 Å². The monoisotopic (exact) mass is 720 g/mol. The normalized spacial score (nSPS) is 39.5. The van der Waals surface area contributed by atoms with Crippen LogP contribution in [0.2, 0.25) is 0 Å². The Morgan fingerprint density at radius 1 is 0.977 bits per heavy atom. The predicted molar refractivity (Wildman–Crippen MR) is 185 cm³/mol. The smallest absolute Gasteiger partial charge is 0.338 e. The average Bonchev–Trinajstić information content (AvgIpc) is 3.32. The van der Waals surface area contributed by atoms with Gasteiger partial charge in [-0.25, -0.2) is 4.79 Å². The first-order valence-electron chi connectivity index (χ1n) is 17.7. The fraction of sp³-hybridized carbons (Fsp3) is 0.816. The number of halogens is 2. The van der Waals surface area contributed by atoms with Gasteiger partial charge in [0.05, 0.1) is 12.2 Å². The van der Waals surface area contributed by atoms with Gasteiger partial charge in [0.2, 0.25) is 0 Å². The molecular formula is C38H58Br2O3. The fourth-order valence-corrected chi connectivity index (χ4v) is 12.7. The van der Waals surface area contributed by atoms with E-state index in [1.165, 1.54) is 51.4 Å². The van der Waals surface area contributed by atoms with Crippen LogP contribution in [0.3, 0.4) is 0 Å². The van der Waals surface area contributed by atoms with E-state index in [2.05, 4.69) is 73.4 Å². The van der Waals surface area contributed by atoms with Crippen LogP contribution in [-0.2, 0) is 4.74 Å². The van der Waals surface area contributed by atoms with Gasteiger partial charge in [0, 0.05) is 15.6 Å². The number of hydrogen-bond acceptors (Lipinski definition) is 3. The molecular weight excluding hydrogens is 664 g/mol. The number of fused-ring (bicyclic) bond motifs is 5. The molecule has 0 N–H and O–H groups in total. The molecule has 1 aromatic carbocycles. The van der Waals surface area contributed by atoms with Gasteiger partial charge in [-0.05, 0) is 122 Å². The highest BCUT2D eigenvalue weighted by Gasteiger charge is 2.67. The number of benzene rings is 1. The van der Waals surface area contributed by atoms with E-state index in [1.54, 1.807) is 0 Å². The second-order valence-electron chi connectivity index (χ2n) is 15.9. The molecule has 4 fully saturated rings. The Bertz CT molecular complexity index is 1090. The van der Waals surface area contributed by atoms with E-state index >= 15 is 0 Å². The molecule has 0 aromatic heterocycles. The molecule has 0 saturated heterocycles. The van der Waals surface area contributed by atoms with Crippen LogP contribution in [0, 0.1) is 46.3 Å². The van der Waals surface area contributed by atoms with Gasteiger partial charge in [0.25, 0.3) is 0 Å². The Kier molecular flexibility index (Phi) is 10.7. The summed E-state index contributed by atoms with van der Waals surface area (Å²) in [5.41, 5.74) is 1.31. The Morgan fingerprint density at radius 2 is 1.72 bits per heavy atom. The number of esters is 1. The molecule has 0 amide bonds. The van der Waals surface area contributed by atoms with E-state index in [4.69, 9.17) is 9.47 Å². The highest BCUT2D eigenvalue weighted by molar-refractivity contribution is 9.12. The summed E-state index contributed by atoms with van der Waals surface area (Å²) in [4.78, 5) is 13.6. The molecule has 0 radical (unpaired) electrons. The van der Waals surface area contributed by atoms with Crippen LogP contribution in [0.1, 0.15) is 135 Å². The molecule has 5 rings (SSSR count). The van der Waals surface area contributed by atoms with Crippen molar-refractivity contribution in [3.63, 3.8) is 0 Å². The number of rotatable bonds is 11. The van der Waals surface area contributed by atoms with Crippen LogP contribution in [0.5, 0.6) is 5.75 Å². The predicted octanol–water partition coefficient (Wildman–Crippen LogP) is 11.4. The number of carbonyl (C=O) groups is 1. The summed E-state index contributed by atoms with van der Waals surface area (Å²) in [6.45, 7) is 15.4. The van der Waals surface area contributed by atoms with Crippen molar-refractivity contribution in [3.05, 3.63) is 29.8 Å². The van der Waals surface area contributed by atoms with Crippen molar-refractivity contribution in [2.75, 3.05) is 6.61 Å². The standard InChI is InChI=1S/C38H58Br2O3/c1-7-8-22-42-28-14-12-27(13-15-28)35(41)43-29-18-21-37(6)33-19-20-36(5)31(26(4)11-9-10-25(2)3)16-17-32(36)30(33)23-34(39)38(37,40)24-29/h12-15,25-26,29-34H,7-11,16-24H2,1-6H3/t26-,29+,30-,31+,32-,33-,34+,36+,37-,38+/m1/s1. The van der Waals surface area contributed by atoms with Crippen LogP contribution in [0.4, 0.5) is 0 Å². The third-order valence-electron chi connectivity index (χ3n) is 13.0. The lowest BCUT2D eigenvalue weighted by atomic mass is 9.44. The molecule has 10 atom stereocenters. The minimum Gasteiger partial charge on any atom is -0.494 e. The highest BCUT2D eigenvalue weighted by atomic mass is 79.9. The number of ether oxygens (including phenoxy) is 2. The summed E-state index contributed by atoms with van der Waals surface area (Å²) in [7, 11) is 0. The topological polar surface area (TPSA) is 35.5 Å². The molecule has 3 nitrogen and oxygen atoms in total. The quantitative estimate of drug-likeness (QED) is 0.130. The third-order valence-corrected chi connectivity index (χ3v) is 16.6. The summed E-state index contributed by atoms with van der Waals surface area (Å²) >= 11 is 8.65.